The topological polar surface area (TPSA) is 64.7 Å². The third kappa shape index (κ3) is 4.21. The van der Waals surface area contributed by atoms with Crippen LogP contribution in [0.15, 0.2) is 0 Å². The van der Waals surface area contributed by atoms with E-state index in [0.717, 1.165) is 4.68 Å². The Morgan fingerprint density at radius 1 is 1.20 bits per heavy atom. The van der Waals surface area contributed by atoms with E-state index in [9.17, 15) is 18.0 Å². The third-order valence-corrected chi connectivity index (χ3v) is 4.59. The smallest absolute Gasteiger partial charge is 0.351 e. The molecule has 2 aromatic heterocycles. The molecule has 138 valence electrons. The Labute approximate surface area is 155 Å². The van der Waals surface area contributed by atoms with Crippen LogP contribution in [0.25, 0.3) is 0 Å². The molecular formula is C13H13Cl3F3N5O. The lowest BCUT2D eigenvalue weighted by molar-refractivity contribution is -0.141. The number of amides is 1. The molecule has 0 unspecified atom stereocenters. The van der Waals surface area contributed by atoms with Crippen molar-refractivity contribution in [3.8, 4) is 0 Å². The zero-order valence-electron chi connectivity index (χ0n) is 13.1. The second-order valence-electron chi connectivity index (χ2n) is 5.16. The fraction of sp³-hybridized carbons (Fsp3) is 0.462. The number of hydrogen-bond donors (Lipinski definition) is 1. The number of rotatable bonds is 5. The quantitative estimate of drug-likeness (QED) is 0.753. The molecule has 1 N–H and O–H groups in total. The number of halogens is 6. The van der Waals surface area contributed by atoms with E-state index < -0.39 is 22.8 Å². The van der Waals surface area contributed by atoms with Gasteiger partial charge in [-0.3, -0.25) is 14.2 Å². The van der Waals surface area contributed by atoms with Gasteiger partial charge in [-0.2, -0.15) is 23.4 Å². The van der Waals surface area contributed by atoms with Gasteiger partial charge in [0, 0.05) is 20.1 Å². The maximum Gasteiger partial charge on any atom is 0.436 e. The minimum Gasteiger partial charge on any atom is -0.351 e. The summed E-state index contributed by atoms with van der Waals surface area (Å²) in [7, 11) is 1.21. The number of carbonyl (C=O) groups excluding carboxylic acids is 1. The minimum atomic E-state index is -4.73. The van der Waals surface area contributed by atoms with Crippen LogP contribution in [0, 0.1) is 6.92 Å². The molecule has 0 fully saturated rings. The summed E-state index contributed by atoms with van der Waals surface area (Å²) in [4.78, 5) is 12.1. The highest BCUT2D eigenvalue weighted by Gasteiger charge is 2.39. The number of carbonyl (C=O) groups is 1. The summed E-state index contributed by atoms with van der Waals surface area (Å²) in [6.07, 6.45) is -4.30. The zero-order valence-corrected chi connectivity index (χ0v) is 15.4. The van der Waals surface area contributed by atoms with Crippen molar-refractivity contribution in [2.24, 2.45) is 7.05 Å². The molecule has 1 amide bonds. The monoisotopic (exact) mass is 417 g/mol. The molecule has 2 aromatic rings. The number of hydrogen-bond acceptors (Lipinski definition) is 3. The van der Waals surface area contributed by atoms with Gasteiger partial charge in [0.1, 0.15) is 20.9 Å². The highest BCUT2D eigenvalue weighted by atomic mass is 35.5. The molecule has 2 rings (SSSR count). The van der Waals surface area contributed by atoms with Crippen molar-refractivity contribution in [1.82, 2.24) is 24.9 Å². The molecule has 12 heteroatoms. The first-order chi connectivity index (χ1) is 11.5. The zero-order chi connectivity index (χ0) is 18.9. The summed E-state index contributed by atoms with van der Waals surface area (Å²) < 4.78 is 40.5. The minimum absolute atomic E-state index is 0.175. The second kappa shape index (κ2) is 7.43. The first kappa shape index (κ1) is 19.9. The Kier molecular flexibility index (Phi) is 5.90. The molecule has 2 heterocycles. The predicted octanol–water partition coefficient (Wildman–Crippen LogP) is 3.72. The lowest BCUT2D eigenvalue weighted by atomic mass is 10.3. The van der Waals surface area contributed by atoms with Crippen molar-refractivity contribution in [1.29, 1.82) is 0 Å². The molecule has 0 aromatic carbocycles. The van der Waals surface area contributed by atoms with Crippen molar-refractivity contribution in [2.45, 2.75) is 26.1 Å². The molecular weight excluding hydrogens is 406 g/mol. The molecule has 0 aliphatic rings. The third-order valence-electron chi connectivity index (χ3n) is 3.30. The van der Waals surface area contributed by atoms with Crippen molar-refractivity contribution in [3.05, 3.63) is 32.3 Å². The Hall–Kier alpha value is -1.45. The average molecular weight is 419 g/mol. The lowest BCUT2D eigenvalue weighted by Gasteiger charge is -2.07. The largest absolute Gasteiger partial charge is 0.436 e. The molecule has 6 nitrogen and oxygen atoms in total. The highest BCUT2D eigenvalue weighted by molar-refractivity contribution is 6.41. The van der Waals surface area contributed by atoms with Crippen LogP contribution in [-0.2, 0) is 19.8 Å². The van der Waals surface area contributed by atoms with Gasteiger partial charge in [-0.05, 0) is 13.3 Å². The fourth-order valence-corrected chi connectivity index (χ4v) is 2.87. The van der Waals surface area contributed by atoms with Crippen molar-refractivity contribution in [3.63, 3.8) is 0 Å². The highest BCUT2D eigenvalue weighted by Crippen LogP contribution is 2.35. The summed E-state index contributed by atoms with van der Waals surface area (Å²) in [6.45, 7) is 2.25. The number of alkyl halides is 3. The molecule has 0 atom stereocenters. The van der Waals surface area contributed by atoms with E-state index in [4.69, 9.17) is 34.8 Å². The number of aromatic nitrogens is 4. The van der Waals surface area contributed by atoms with E-state index in [1.807, 2.05) is 0 Å². The van der Waals surface area contributed by atoms with E-state index in [-0.39, 0.29) is 17.4 Å². The van der Waals surface area contributed by atoms with Gasteiger partial charge in [0.25, 0.3) is 5.91 Å². The molecule has 0 saturated carbocycles. The summed E-state index contributed by atoms with van der Waals surface area (Å²) in [6, 6.07) is 0. The Morgan fingerprint density at radius 2 is 1.84 bits per heavy atom. The molecule has 0 spiro atoms. The van der Waals surface area contributed by atoms with Crippen LogP contribution in [0.1, 0.15) is 28.3 Å². The van der Waals surface area contributed by atoms with Crippen molar-refractivity contribution in [2.75, 3.05) is 6.54 Å². The van der Waals surface area contributed by atoms with Crippen molar-refractivity contribution < 1.29 is 18.0 Å². The lowest BCUT2D eigenvalue weighted by Crippen LogP contribution is -2.27. The van der Waals surface area contributed by atoms with E-state index in [1.54, 1.807) is 6.92 Å². The first-order valence-electron chi connectivity index (χ1n) is 7.00. The second-order valence-corrected chi connectivity index (χ2v) is 6.27. The first-order valence-corrected chi connectivity index (χ1v) is 8.13. The predicted molar refractivity (Wildman–Crippen MR) is 87.2 cm³/mol. The normalized spacial score (nSPS) is 11.8. The maximum atomic E-state index is 12.7. The Morgan fingerprint density at radius 3 is 2.32 bits per heavy atom. The molecule has 25 heavy (non-hydrogen) atoms. The van der Waals surface area contributed by atoms with Crippen LogP contribution >= 0.6 is 34.8 Å². The fourth-order valence-electron chi connectivity index (χ4n) is 2.12. The van der Waals surface area contributed by atoms with Crippen LogP contribution in [0.3, 0.4) is 0 Å². The molecule has 0 aliphatic heterocycles. The van der Waals surface area contributed by atoms with Crippen LogP contribution in [0.2, 0.25) is 15.2 Å². The maximum absolute atomic E-state index is 12.7. The molecule has 0 bridgehead atoms. The van der Waals surface area contributed by atoms with Gasteiger partial charge >= 0.3 is 6.18 Å². The van der Waals surface area contributed by atoms with Gasteiger partial charge < -0.3 is 5.32 Å². The summed E-state index contributed by atoms with van der Waals surface area (Å²) >= 11 is 17.5. The van der Waals surface area contributed by atoms with Crippen LogP contribution < -0.4 is 5.32 Å². The van der Waals surface area contributed by atoms with Gasteiger partial charge in [-0.25, -0.2) is 0 Å². The molecule has 0 aliphatic carbocycles. The summed E-state index contributed by atoms with van der Waals surface area (Å²) in [5.74, 6) is -0.753. The summed E-state index contributed by atoms with van der Waals surface area (Å²) in [5, 5.41) is 9.78. The molecule has 0 saturated heterocycles. The van der Waals surface area contributed by atoms with Crippen LogP contribution in [-0.4, -0.2) is 32.0 Å². The van der Waals surface area contributed by atoms with Crippen molar-refractivity contribution >= 4 is 40.7 Å². The Balaban J connectivity index is 1.97. The van der Waals surface area contributed by atoms with Gasteiger partial charge in [-0.1, -0.05) is 34.8 Å². The molecule has 0 radical (unpaired) electrons. The SMILES string of the molecule is Cc1nn(CCCNC(=O)c2c(Cl)c(C(F)(F)F)nn2C)c(Cl)c1Cl. The van der Waals surface area contributed by atoms with E-state index in [0.29, 0.717) is 23.7 Å². The standard InChI is InChI=1S/C13H13Cl3F3N5O/c1-6-7(14)11(16)24(21-6)5-3-4-20-12(25)9-8(15)10(13(17,18)19)22-23(9)2/h3-5H2,1-2H3,(H,20,25). The number of nitrogens with zero attached hydrogens (tertiary/aromatic N) is 4. The summed E-state index contributed by atoms with van der Waals surface area (Å²) in [5.41, 5.74) is -1.07. The average Bonchev–Trinajstić information content (AvgIpc) is 2.94. The van der Waals surface area contributed by atoms with E-state index in [1.165, 1.54) is 11.7 Å². The van der Waals surface area contributed by atoms with Gasteiger partial charge in [0.2, 0.25) is 0 Å². The van der Waals surface area contributed by atoms with E-state index >= 15 is 0 Å². The Bertz CT molecular complexity index is 800. The van der Waals surface area contributed by atoms with Gasteiger partial charge in [0.05, 0.1) is 5.69 Å². The van der Waals surface area contributed by atoms with Crippen LogP contribution in [0.5, 0.6) is 0 Å². The number of nitrogens with one attached hydrogen (secondary N) is 1. The van der Waals surface area contributed by atoms with Gasteiger partial charge in [-0.15, -0.1) is 0 Å². The van der Waals surface area contributed by atoms with Crippen LogP contribution in [0.4, 0.5) is 13.2 Å². The number of aryl methyl sites for hydroxylation is 3. The van der Waals surface area contributed by atoms with Gasteiger partial charge in [0.15, 0.2) is 5.69 Å². The van der Waals surface area contributed by atoms with E-state index in [2.05, 4.69) is 15.5 Å².